The van der Waals surface area contributed by atoms with Crippen LogP contribution in [0.3, 0.4) is 0 Å². The largest absolute Gasteiger partial charge is 0.497 e. The molecular formula is C28H24N4O7. The Labute approximate surface area is 221 Å². The highest BCUT2D eigenvalue weighted by Gasteiger charge is 2.33. The summed E-state index contributed by atoms with van der Waals surface area (Å²) < 4.78 is 17.7. The van der Waals surface area contributed by atoms with Crippen LogP contribution in [-0.4, -0.2) is 34.2 Å². The van der Waals surface area contributed by atoms with Gasteiger partial charge in [0.2, 0.25) is 5.62 Å². The van der Waals surface area contributed by atoms with Crippen LogP contribution in [0.1, 0.15) is 31.2 Å². The van der Waals surface area contributed by atoms with Crippen molar-refractivity contribution in [3.05, 3.63) is 115 Å². The van der Waals surface area contributed by atoms with E-state index in [4.69, 9.17) is 13.9 Å². The summed E-state index contributed by atoms with van der Waals surface area (Å²) >= 11 is 0. The van der Waals surface area contributed by atoms with Gasteiger partial charge in [-0.05, 0) is 43.7 Å². The van der Waals surface area contributed by atoms with Crippen molar-refractivity contribution in [2.75, 3.05) is 13.7 Å². The highest BCUT2D eigenvalue weighted by atomic mass is 16.6. The minimum absolute atomic E-state index is 0.165. The van der Waals surface area contributed by atoms with Gasteiger partial charge in [0.15, 0.2) is 0 Å². The molecule has 1 atom stereocenters. The molecule has 2 aromatic heterocycles. The molecule has 0 fully saturated rings. The van der Waals surface area contributed by atoms with Crippen LogP contribution in [0.2, 0.25) is 0 Å². The number of carbonyl (C=O) groups excluding carboxylic acids is 1. The smallest absolute Gasteiger partial charge is 0.338 e. The molecule has 5 rings (SSSR count). The number of H-pyrrole nitrogens is 1. The molecule has 0 saturated carbocycles. The number of allylic oxidation sites excluding steroid dienone is 1. The number of benzene rings is 2. The van der Waals surface area contributed by atoms with Gasteiger partial charge >= 0.3 is 5.97 Å². The maximum absolute atomic E-state index is 13.6. The molecule has 0 amide bonds. The van der Waals surface area contributed by atoms with Crippen LogP contribution >= 0.6 is 0 Å². The first-order chi connectivity index (χ1) is 18.8. The molecule has 0 radical (unpaired) electrons. The van der Waals surface area contributed by atoms with E-state index in [0.717, 1.165) is 5.56 Å². The molecule has 11 nitrogen and oxygen atoms in total. The number of ether oxygens (including phenoxy) is 2. The summed E-state index contributed by atoms with van der Waals surface area (Å²) in [5.41, 5.74) is 1.35. The summed E-state index contributed by atoms with van der Waals surface area (Å²) in [6.07, 6.45) is 1.49. The number of rotatable bonds is 7. The lowest BCUT2D eigenvalue weighted by molar-refractivity contribution is -0.384. The minimum Gasteiger partial charge on any atom is -0.497 e. The summed E-state index contributed by atoms with van der Waals surface area (Å²) in [5, 5.41) is 11.8. The Morgan fingerprint density at radius 3 is 2.67 bits per heavy atom. The van der Waals surface area contributed by atoms with E-state index in [2.05, 4.69) is 9.98 Å². The molecule has 198 valence electrons. The number of esters is 1. The van der Waals surface area contributed by atoms with Crippen LogP contribution in [-0.2, 0) is 9.53 Å². The zero-order valence-corrected chi connectivity index (χ0v) is 21.3. The molecule has 1 N–H and O–H groups in total. The van der Waals surface area contributed by atoms with Crippen LogP contribution < -0.4 is 21.3 Å². The molecule has 1 aliphatic heterocycles. The van der Waals surface area contributed by atoms with Crippen molar-refractivity contribution in [2.45, 2.75) is 19.9 Å². The number of hydrogen-bond donors (Lipinski definition) is 1. The van der Waals surface area contributed by atoms with Gasteiger partial charge in [-0.1, -0.05) is 30.3 Å². The summed E-state index contributed by atoms with van der Waals surface area (Å²) in [6.45, 7) is 3.59. The molecule has 3 heterocycles. The summed E-state index contributed by atoms with van der Waals surface area (Å²) in [7, 11) is 1.43. The third-order valence-electron chi connectivity index (χ3n) is 6.31. The molecule has 11 heteroatoms. The fourth-order valence-electron chi connectivity index (χ4n) is 4.56. The fraction of sp³-hybridized carbons (Fsp3) is 0.179. The Kier molecular flexibility index (Phi) is 6.72. The van der Waals surface area contributed by atoms with Crippen molar-refractivity contribution >= 4 is 17.7 Å². The lowest BCUT2D eigenvalue weighted by atomic mass is 9.96. The molecule has 39 heavy (non-hydrogen) atoms. The maximum Gasteiger partial charge on any atom is 0.338 e. The second kappa shape index (κ2) is 10.3. The Morgan fingerprint density at radius 1 is 1.21 bits per heavy atom. The molecular weight excluding hydrogens is 504 g/mol. The van der Waals surface area contributed by atoms with E-state index >= 15 is 0 Å². The van der Waals surface area contributed by atoms with Gasteiger partial charge in [-0.3, -0.25) is 19.5 Å². The average molecular weight is 529 g/mol. The van der Waals surface area contributed by atoms with Crippen molar-refractivity contribution in [3.8, 4) is 17.1 Å². The second-order valence-electron chi connectivity index (χ2n) is 8.67. The Hall–Kier alpha value is -5.19. The maximum atomic E-state index is 13.6. The van der Waals surface area contributed by atoms with Crippen molar-refractivity contribution in [1.82, 2.24) is 9.55 Å². The second-order valence-corrected chi connectivity index (χ2v) is 8.67. The van der Waals surface area contributed by atoms with Crippen LogP contribution in [0, 0.1) is 10.1 Å². The number of fused-ring (bicyclic) bond motifs is 1. The molecule has 0 spiro atoms. The highest BCUT2D eigenvalue weighted by Crippen LogP contribution is 2.34. The first kappa shape index (κ1) is 25.5. The van der Waals surface area contributed by atoms with Crippen LogP contribution in [0.5, 0.6) is 5.75 Å². The molecule has 1 unspecified atom stereocenters. The van der Waals surface area contributed by atoms with Gasteiger partial charge in [0.1, 0.15) is 22.6 Å². The quantitative estimate of drug-likeness (QED) is 0.220. The number of methoxy groups -OCH3 is 1. The number of furan rings is 1. The van der Waals surface area contributed by atoms with E-state index in [1.165, 1.54) is 29.9 Å². The number of nitrogens with zero attached hydrogens (tertiary/aromatic N) is 3. The molecule has 0 bridgehead atoms. The lowest BCUT2D eigenvalue weighted by Crippen LogP contribution is -2.40. The predicted molar refractivity (Wildman–Crippen MR) is 141 cm³/mol. The lowest BCUT2D eigenvalue weighted by Gasteiger charge is -2.24. The average Bonchev–Trinajstić information content (AvgIpc) is 3.52. The summed E-state index contributed by atoms with van der Waals surface area (Å²) in [5.74, 6) is 0.337. The first-order valence-electron chi connectivity index (χ1n) is 12.1. The fourth-order valence-corrected chi connectivity index (χ4v) is 4.56. The van der Waals surface area contributed by atoms with Crippen LogP contribution in [0.15, 0.2) is 86.1 Å². The van der Waals surface area contributed by atoms with Gasteiger partial charge in [-0.15, -0.1) is 0 Å². The van der Waals surface area contributed by atoms with E-state index in [1.807, 2.05) is 30.3 Å². The van der Waals surface area contributed by atoms with Crippen molar-refractivity contribution in [2.24, 2.45) is 4.99 Å². The van der Waals surface area contributed by atoms with Gasteiger partial charge in [0, 0.05) is 6.08 Å². The number of nitro benzene ring substituents is 1. The monoisotopic (exact) mass is 528 g/mol. The Morgan fingerprint density at radius 2 is 1.97 bits per heavy atom. The number of aromatic amines is 1. The highest BCUT2D eigenvalue weighted by molar-refractivity contribution is 5.91. The Balaban J connectivity index is 1.62. The number of carbonyl (C=O) groups is 1. The molecule has 0 aliphatic carbocycles. The molecule has 0 saturated heterocycles. The number of aromatic nitrogens is 2. The number of nitro groups is 1. The molecule has 4 aromatic rings. The topological polar surface area (TPSA) is 142 Å². The first-order valence-corrected chi connectivity index (χ1v) is 12.1. The SMILES string of the molecule is CCOC(=O)C1=C(C)N=c2[nH]/c(=C\c3ccc(-c4ccc(OC)cc4[N+](=O)[O-])o3)c(=O)n2C1c1ccccc1. The third kappa shape index (κ3) is 4.65. The molecule has 2 aromatic carbocycles. The predicted octanol–water partition coefficient (Wildman–Crippen LogP) is 3.24. The van der Waals surface area contributed by atoms with Gasteiger partial charge in [-0.25, -0.2) is 9.79 Å². The van der Waals surface area contributed by atoms with Gasteiger partial charge in [0.25, 0.3) is 11.2 Å². The Bertz CT molecular complexity index is 1800. The summed E-state index contributed by atoms with van der Waals surface area (Å²) in [4.78, 5) is 45.2. The number of nitrogens with one attached hydrogen (secondary N) is 1. The van der Waals surface area contributed by atoms with E-state index in [1.54, 1.807) is 32.0 Å². The molecule has 1 aliphatic rings. The van der Waals surface area contributed by atoms with Gasteiger partial charge in [-0.2, -0.15) is 0 Å². The van der Waals surface area contributed by atoms with Crippen molar-refractivity contribution < 1.29 is 23.6 Å². The number of hydrogen-bond acceptors (Lipinski definition) is 8. The van der Waals surface area contributed by atoms with E-state index < -0.39 is 22.5 Å². The van der Waals surface area contributed by atoms with Crippen molar-refractivity contribution in [3.63, 3.8) is 0 Å². The van der Waals surface area contributed by atoms with E-state index in [9.17, 15) is 19.7 Å². The number of imidazole rings is 1. The minimum atomic E-state index is -0.752. The van der Waals surface area contributed by atoms with Crippen molar-refractivity contribution in [1.29, 1.82) is 0 Å². The van der Waals surface area contributed by atoms with Crippen LogP contribution in [0.25, 0.3) is 17.4 Å². The standard InChI is InChI=1S/C28H24N4O7/c1-4-38-27(34)24-16(2)29-28-30-21(26(33)31(28)25(24)17-8-6-5-7-9-17)14-19-11-13-23(39-19)20-12-10-18(37-3)15-22(20)32(35)36/h5-15,25H,4H2,1-3H3,(H,29,30)/b21-14-. The normalized spacial score (nSPS) is 15.1. The van der Waals surface area contributed by atoms with Gasteiger partial charge < -0.3 is 18.9 Å². The van der Waals surface area contributed by atoms with E-state index in [-0.39, 0.29) is 45.9 Å². The zero-order valence-electron chi connectivity index (χ0n) is 21.3. The third-order valence-corrected chi connectivity index (χ3v) is 6.31. The summed E-state index contributed by atoms with van der Waals surface area (Å²) in [6, 6.07) is 16.0. The van der Waals surface area contributed by atoms with Crippen LogP contribution in [0.4, 0.5) is 5.69 Å². The van der Waals surface area contributed by atoms with Gasteiger partial charge in [0.05, 0.1) is 47.6 Å². The van der Waals surface area contributed by atoms with E-state index in [0.29, 0.717) is 11.4 Å². The zero-order chi connectivity index (χ0) is 27.7.